The zero-order valence-corrected chi connectivity index (χ0v) is 13.4. The van der Waals surface area contributed by atoms with Crippen LogP contribution in [0, 0.1) is 0 Å². The summed E-state index contributed by atoms with van der Waals surface area (Å²) in [7, 11) is -0.615. The number of hydrogen-bond acceptors (Lipinski definition) is 3. The van der Waals surface area contributed by atoms with Gasteiger partial charge in [-0.15, -0.1) is 0 Å². The molecule has 0 aliphatic rings. The summed E-state index contributed by atoms with van der Waals surface area (Å²) >= 11 is 6.05. The van der Waals surface area contributed by atoms with Crippen molar-refractivity contribution in [3.63, 3.8) is 0 Å². The lowest BCUT2D eigenvalue weighted by atomic mass is 10.2. The molecule has 4 nitrogen and oxygen atoms in total. The molecule has 0 amide bonds. The Hall–Kier alpha value is -1.56. The maximum atomic E-state index is 12.6. The number of methoxy groups -OCH3 is 1. The van der Waals surface area contributed by atoms with Gasteiger partial charge in [0, 0.05) is 19.7 Å². The van der Waals surface area contributed by atoms with Gasteiger partial charge >= 0.3 is 0 Å². The second-order valence-electron chi connectivity index (χ2n) is 4.54. The SMILES string of the molecule is COc1ccc(S(=O)(=O)N(C)Cc2ccccc2)c(Cl)c1. The Bertz CT molecular complexity index is 717. The highest BCUT2D eigenvalue weighted by atomic mass is 35.5. The van der Waals surface area contributed by atoms with Crippen LogP contribution in [-0.2, 0) is 16.6 Å². The highest BCUT2D eigenvalue weighted by Gasteiger charge is 2.23. The van der Waals surface area contributed by atoms with Crippen LogP contribution >= 0.6 is 11.6 Å². The maximum Gasteiger partial charge on any atom is 0.244 e. The molecule has 0 saturated carbocycles. The predicted octanol–water partition coefficient (Wildman–Crippen LogP) is 3.17. The molecule has 0 unspecified atom stereocenters. The second-order valence-corrected chi connectivity index (χ2v) is 6.96. The van der Waals surface area contributed by atoms with E-state index < -0.39 is 10.0 Å². The standard InChI is InChI=1S/C15H16ClNO3S/c1-17(11-12-6-4-3-5-7-12)21(18,19)15-9-8-13(20-2)10-14(15)16/h3-10H,11H2,1-2H3. The van der Waals surface area contributed by atoms with Crippen molar-refractivity contribution in [2.24, 2.45) is 0 Å². The number of halogens is 1. The molecule has 0 radical (unpaired) electrons. The Labute approximate surface area is 130 Å². The molecule has 0 aliphatic heterocycles. The van der Waals surface area contributed by atoms with Gasteiger partial charge in [-0.2, -0.15) is 4.31 Å². The quantitative estimate of drug-likeness (QED) is 0.848. The third-order valence-electron chi connectivity index (χ3n) is 3.08. The van der Waals surface area contributed by atoms with Crippen LogP contribution in [0.4, 0.5) is 0 Å². The Morgan fingerprint density at radius 3 is 2.38 bits per heavy atom. The van der Waals surface area contributed by atoms with Crippen molar-refractivity contribution in [2.75, 3.05) is 14.2 Å². The molecule has 2 aromatic carbocycles. The predicted molar refractivity (Wildman–Crippen MR) is 83.1 cm³/mol. The smallest absolute Gasteiger partial charge is 0.244 e. The van der Waals surface area contributed by atoms with Crippen LogP contribution < -0.4 is 4.74 Å². The Kier molecular flexibility index (Phi) is 4.88. The van der Waals surface area contributed by atoms with Gasteiger partial charge in [0.15, 0.2) is 0 Å². The van der Waals surface area contributed by atoms with Crippen molar-refractivity contribution < 1.29 is 13.2 Å². The summed E-state index contributed by atoms with van der Waals surface area (Å²) < 4.78 is 31.4. The fraction of sp³-hybridized carbons (Fsp3) is 0.200. The van der Waals surface area contributed by atoms with E-state index in [-0.39, 0.29) is 16.5 Å². The van der Waals surface area contributed by atoms with Gasteiger partial charge in [-0.3, -0.25) is 0 Å². The van der Waals surface area contributed by atoms with E-state index in [2.05, 4.69) is 0 Å². The monoisotopic (exact) mass is 325 g/mol. The molecule has 0 aromatic heterocycles. The first-order valence-corrected chi connectivity index (χ1v) is 8.11. The summed E-state index contributed by atoms with van der Waals surface area (Å²) in [4.78, 5) is 0.0726. The molecule has 21 heavy (non-hydrogen) atoms. The van der Waals surface area contributed by atoms with Crippen LogP contribution in [0.25, 0.3) is 0 Å². The number of hydrogen-bond donors (Lipinski definition) is 0. The molecule has 2 rings (SSSR count). The molecule has 0 saturated heterocycles. The minimum Gasteiger partial charge on any atom is -0.497 e. The van der Waals surface area contributed by atoms with Crippen molar-refractivity contribution >= 4 is 21.6 Å². The van der Waals surface area contributed by atoms with Gasteiger partial charge in [0.2, 0.25) is 10.0 Å². The van der Waals surface area contributed by atoms with E-state index in [0.717, 1.165) is 5.56 Å². The molecule has 0 heterocycles. The van der Waals surface area contributed by atoms with E-state index in [1.807, 2.05) is 30.3 Å². The fourth-order valence-corrected chi connectivity index (χ4v) is 3.57. The van der Waals surface area contributed by atoms with E-state index in [9.17, 15) is 8.42 Å². The molecule has 112 valence electrons. The van der Waals surface area contributed by atoms with Crippen molar-refractivity contribution in [1.82, 2.24) is 4.31 Å². The van der Waals surface area contributed by atoms with Crippen molar-refractivity contribution in [3.05, 3.63) is 59.1 Å². The molecule has 0 atom stereocenters. The van der Waals surface area contributed by atoms with E-state index in [0.29, 0.717) is 5.75 Å². The summed E-state index contributed by atoms with van der Waals surface area (Å²) in [5, 5.41) is 0.147. The van der Waals surface area contributed by atoms with Gasteiger partial charge in [-0.25, -0.2) is 8.42 Å². The van der Waals surface area contributed by atoms with Crippen LogP contribution in [0.2, 0.25) is 5.02 Å². The molecular formula is C15H16ClNO3S. The van der Waals surface area contributed by atoms with Crippen molar-refractivity contribution in [3.8, 4) is 5.75 Å². The number of benzene rings is 2. The van der Waals surface area contributed by atoms with Gasteiger partial charge in [0.05, 0.1) is 12.1 Å². The van der Waals surface area contributed by atoms with E-state index >= 15 is 0 Å². The second kappa shape index (κ2) is 6.47. The van der Waals surface area contributed by atoms with Gasteiger partial charge in [-0.05, 0) is 17.7 Å². The molecule has 0 N–H and O–H groups in total. The Morgan fingerprint density at radius 2 is 1.81 bits per heavy atom. The van der Waals surface area contributed by atoms with E-state index in [1.165, 1.54) is 30.6 Å². The number of nitrogens with zero attached hydrogens (tertiary/aromatic N) is 1. The van der Waals surface area contributed by atoms with Gasteiger partial charge in [0.1, 0.15) is 10.6 Å². The average Bonchev–Trinajstić information content (AvgIpc) is 2.47. The van der Waals surface area contributed by atoms with Crippen LogP contribution in [0.3, 0.4) is 0 Å². The van der Waals surface area contributed by atoms with E-state index in [1.54, 1.807) is 6.07 Å². The minimum atomic E-state index is -3.65. The molecule has 0 spiro atoms. The summed E-state index contributed by atoms with van der Waals surface area (Å²) in [5.74, 6) is 0.518. The lowest BCUT2D eigenvalue weighted by Gasteiger charge is -2.18. The van der Waals surface area contributed by atoms with Crippen LogP contribution in [0.5, 0.6) is 5.75 Å². The van der Waals surface area contributed by atoms with Gasteiger partial charge in [-0.1, -0.05) is 41.9 Å². The highest BCUT2D eigenvalue weighted by molar-refractivity contribution is 7.89. The number of ether oxygens (including phenoxy) is 1. The summed E-state index contributed by atoms with van der Waals surface area (Å²) in [6.07, 6.45) is 0. The zero-order valence-electron chi connectivity index (χ0n) is 11.8. The summed E-state index contributed by atoms with van der Waals surface area (Å²) in [6.45, 7) is 0.283. The van der Waals surface area contributed by atoms with Crippen molar-refractivity contribution in [1.29, 1.82) is 0 Å². The Morgan fingerprint density at radius 1 is 1.14 bits per heavy atom. The summed E-state index contributed by atoms with van der Waals surface area (Å²) in [6, 6.07) is 13.9. The number of sulfonamides is 1. The first kappa shape index (κ1) is 15.8. The summed E-state index contributed by atoms with van der Waals surface area (Å²) in [5.41, 5.74) is 0.910. The lowest BCUT2D eigenvalue weighted by Crippen LogP contribution is -2.26. The molecule has 2 aromatic rings. The first-order chi connectivity index (χ1) is 9.95. The molecular weight excluding hydrogens is 310 g/mol. The normalized spacial score (nSPS) is 11.6. The fourth-order valence-electron chi connectivity index (χ4n) is 1.91. The topological polar surface area (TPSA) is 46.6 Å². The average molecular weight is 326 g/mol. The van der Waals surface area contributed by atoms with Crippen LogP contribution in [0.1, 0.15) is 5.56 Å². The highest BCUT2D eigenvalue weighted by Crippen LogP contribution is 2.28. The molecule has 0 fully saturated rings. The van der Waals surface area contributed by atoms with Crippen LogP contribution in [0.15, 0.2) is 53.4 Å². The lowest BCUT2D eigenvalue weighted by molar-refractivity contribution is 0.414. The van der Waals surface area contributed by atoms with Gasteiger partial charge in [0.25, 0.3) is 0 Å². The maximum absolute atomic E-state index is 12.6. The molecule has 0 bridgehead atoms. The minimum absolute atomic E-state index is 0.0726. The molecule has 0 aliphatic carbocycles. The first-order valence-electron chi connectivity index (χ1n) is 6.29. The van der Waals surface area contributed by atoms with Crippen LogP contribution in [-0.4, -0.2) is 26.9 Å². The molecule has 6 heteroatoms. The third-order valence-corrected chi connectivity index (χ3v) is 5.36. The third kappa shape index (κ3) is 3.56. The number of rotatable bonds is 5. The van der Waals surface area contributed by atoms with Gasteiger partial charge < -0.3 is 4.74 Å². The Balaban J connectivity index is 2.29. The van der Waals surface area contributed by atoms with Crippen molar-refractivity contribution in [2.45, 2.75) is 11.4 Å². The largest absolute Gasteiger partial charge is 0.497 e. The zero-order chi connectivity index (χ0) is 15.5. The van der Waals surface area contributed by atoms with E-state index in [4.69, 9.17) is 16.3 Å².